The monoisotopic (exact) mass is 483 g/mol. The van der Waals surface area contributed by atoms with Crippen molar-refractivity contribution < 1.29 is 19.1 Å². The van der Waals surface area contributed by atoms with Gasteiger partial charge in [-0.25, -0.2) is 0 Å². The topological polar surface area (TPSA) is 89.9 Å². The van der Waals surface area contributed by atoms with E-state index in [9.17, 15) is 14.4 Å². The molecule has 0 radical (unpaired) electrons. The summed E-state index contributed by atoms with van der Waals surface area (Å²) in [5, 5.41) is 2.75. The average molecular weight is 484 g/mol. The fourth-order valence-electron chi connectivity index (χ4n) is 4.42. The standard InChI is InChI=1S/C27H37N3O5/c1-5-21-10-6-7-13-30(21)27(33)24-18-29(16-20-9-8-11-22(15-20)34-4)17-23(25(24)31)26(32)28-12-14-35-19(2)3/h8-9,11,15,17-19,21H,5-7,10,12-14,16H2,1-4H3,(H,28,32). The molecule has 1 aliphatic rings. The van der Waals surface area contributed by atoms with Gasteiger partial charge in [-0.05, 0) is 57.2 Å². The molecule has 2 aromatic rings. The first-order chi connectivity index (χ1) is 16.8. The summed E-state index contributed by atoms with van der Waals surface area (Å²) in [6.07, 6.45) is 6.88. The van der Waals surface area contributed by atoms with Crippen molar-refractivity contribution in [2.45, 2.75) is 65.1 Å². The summed E-state index contributed by atoms with van der Waals surface area (Å²) < 4.78 is 12.5. The predicted molar refractivity (Wildman–Crippen MR) is 135 cm³/mol. The number of hydrogen-bond donors (Lipinski definition) is 1. The van der Waals surface area contributed by atoms with Gasteiger partial charge in [-0.1, -0.05) is 19.1 Å². The molecule has 2 heterocycles. The van der Waals surface area contributed by atoms with E-state index in [1.807, 2.05) is 38.1 Å². The molecule has 1 aromatic heterocycles. The van der Waals surface area contributed by atoms with Gasteiger partial charge in [0.15, 0.2) is 0 Å². The normalized spacial score (nSPS) is 15.8. The van der Waals surface area contributed by atoms with Gasteiger partial charge < -0.3 is 24.3 Å². The van der Waals surface area contributed by atoms with Crippen molar-refractivity contribution in [2.75, 3.05) is 26.8 Å². The fourth-order valence-corrected chi connectivity index (χ4v) is 4.42. The van der Waals surface area contributed by atoms with Crippen molar-refractivity contribution >= 4 is 11.8 Å². The molecular weight excluding hydrogens is 446 g/mol. The number of amides is 2. The minimum Gasteiger partial charge on any atom is -0.497 e. The third-order valence-electron chi connectivity index (χ3n) is 6.25. The van der Waals surface area contributed by atoms with Crippen LogP contribution in [0.25, 0.3) is 0 Å². The van der Waals surface area contributed by atoms with Crippen LogP contribution in [0.15, 0.2) is 41.5 Å². The highest BCUT2D eigenvalue weighted by atomic mass is 16.5. The zero-order valence-corrected chi connectivity index (χ0v) is 21.2. The number of nitrogens with zero attached hydrogens (tertiary/aromatic N) is 2. The Morgan fingerprint density at radius 3 is 2.66 bits per heavy atom. The Bertz CT molecular complexity index is 1080. The number of benzene rings is 1. The van der Waals surface area contributed by atoms with Crippen molar-refractivity contribution in [1.29, 1.82) is 0 Å². The number of hydrogen-bond acceptors (Lipinski definition) is 5. The number of pyridine rings is 1. The van der Waals surface area contributed by atoms with E-state index in [-0.39, 0.29) is 35.7 Å². The van der Waals surface area contributed by atoms with E-state index in [0.717, 1.165) is 31.2 Å². The Balaban J connectivity index is 1.95. The molecule has 0 aliphatic carbocycles. The fraction of sp³-hybridized carbons (Fsp3) is 0.519. The van der Waals surface area contributed by atoms with E-state index in [0.29, 0.717) is 25.4 Å². The minimum absolute atomic E-state index is 0.0272. The van der Waals surface area contributed by atoms with E-state index in [1.54, 1.807) is 22.8 Å². The molecule has 3 rings (SSSR count). The lowest BCUT2D eigenvalue weighted by atomic mass is 9.98. The summed E-state index contributed by atoms with van der Waals surface area (Å²) in [4.78, 5) is 41.7. The van der Waals surface area contributed by atoms with Crippen molar-refractivity contribution in [3.8, 4) is 5.75 Å². The third-order valence-corrected chi connectivity index (χ3v) is 6.25. The molecule has 190 valence electrons. The molecule has 1 fully saturated rings. The maximum absolute atomic E-state index is 13.5. The van der Waals surface area contributed by atoms with Crippen LogP contribution in [0.2, 0.25) is 0 Å². The van der Waals surface area contributed by atoms with Crippen LogP contribution in [0, 0.1) is 0 Å². The van der Waals surface area contributed by atoms with Gasteiger partial charge in [0.05, 0.1) is 19.8 Å². The van der Waals surface area contributed by atoms with Crippen molar-refractivity contribution in [3.05, 3.63) is 63.6 Å². The smallest absolute Gasteiger partial charge is 0.259 e. The third kappa shape index (κ3) is 6.94. The van der Waals surface area contributed by atoms with Gasteiger partial charge in [-0.3, -0.25) is 14.4 Å². The molecule has 1 saturated heterocycles. The minimum atomic E-state index is -0.542. The lowest BCUT2D eigenvalue weighted by Crippen LogP contribution is -2.45. The Morgan fingerprint density at radius 1 is 1.17 bits per heavy atom. The first-order valence-electron chi connectivity index (χ1n) is 12.4. The highest BCUT2D eigenvalue weighted by molar-refractivity contribution is 5.99. The summed E-state index contributed by atoms with van der Waals surface area (Å²) in [5.41, 5.74) is 0.361. The van der Waals surface area contributed by atoms with Crippen LogP contribution < -0.4 is 15.5 Å². The van der Waals surface area contributed by atoms with Crippen molar-refractivity contribution in [1.82, 2.24) is 14.8 Å². The highest BCUT2D eigenvalue weighted by Gasteiger charge is 2.29. The van der Waals surface area contributed by atoms with E-state index in [1.165, 1.54) is 6.20 Å². The second-order valence-corrected chi connectivity index (χ2v) is 9.17. The molecule has 0 spiro atoms. The Labute approximate surface area is 207 Å². The van der Waals surface area contributed by atoms with Crippen LogP contribution in [0.3, 0.4) is 0 Å². The largest absolute Gasteiger partial charge is 0.497 e. The number of nitrogens with one attached hydrogen (secondary N) is 1. The molecule has 8 heteroatoms. The number of ether oxygens (including phenoxy) is 2. The maximum atomic E-state index is 13.5. The van der Waals surface area contributed by atoms with E-state index >= 15 is 0 Å². The van der Waals surface area contributed by atoms with Crippen LogP contribution >= 0.6 is 0 Å². The van der Waals surface area contributed by atoms with Gasteiger partial charge in [-0.15, -0.1) is 0 Å². The first-order valence-corrected chi connectivity index (χ1v) is 12.4. The number of likely N-dealkylation sites (tertiary alicyclic amines) is 1. The lowest BCUT2D eigenvalue weighted by Gasteiger charge is -2.35. The van der Waals surface area contributed by atoms with Crippen molar-refractivity contribution in [3.63, 3.8) is 0 Å². The number of methoxy groups -OCH3 is 1. The summed E-state index contributed by atoms with van der Waals surface area (Å²) in [5.74, 6) is -0.108. The Hall–Kier alpha value is -3.13. The average Bonchev–Trinajstić information content (AvgIpc) is 2.86. The van der Waals surface area contributed by atoms with Gasteiger partial charge >= 0.3 is 0 Å². The van der Waals surface area contributed by atoms with Crippen LogP contribution in [-0.4, -0.2) is 60.2 Å². The van der Waals surface area contributed by atoms with Crippen molar-refractivity contribution in [2.24, 2.45) is 0 Å². The summed E-state index contributed by atoms with van der Waals surface area (Å²) in [7, 11) is 1.60. The van der Waals surface area contributed by atoms with Gasteiger partial charge in [0.1, 0.15) is 16.9 Å². The lowest BCUT2D eigenvalue weighted by molar-refractivity contribution is 0.0605. The number of piperidine rings is 1. The quantitative estimate of drug-likeness (QED) is 0.523. The maximum Gasteiger partial charge on any atom is 0.259 e. The molecule has 2 amide bonds. The van der Waals surface area contributed by atoms with E-state index < -0.39 is 11.3 Å². The zero-order chi connectivity index (χ0) is 25.4. The number of aromatic nitrogens is 1. The number of rotatable bonds is 10. The van der Waals surface area contributed by atoms with E-state index in [4.69, 9.17) is 9.47 Å². The molecule has 8 nitrogen and oxygen atoms in total. The molecule has 1 N–H and O–H groups in total. The molecule has 1 atom stereocenters. The SMILES string of the molecule is CCC1CCCCN1C(=O)c1cn(Cc2cccc(OC)c2)cc(C(=O)NCCOC(C)C)c1=O. The molecule has 1 aromatic carbocycles. The Morgan fingerprint density at radius 2 is 1.94 bits per heavy atom. The van der Waals surface area contributed by atoms with Gasteiger partial charge in [-0.2, -0.15) is 0 Å². The molecular formula is C27H37N3O5. The molecule has 35 heavy (non-hydrogen) atoms. The number of carbonyl (C=O) groups is 2. The molecule has 0 saturated carbocycles. The van der Waals surface area contributed by atoms with E-state index in [2.05, 4.69) is 12.2 Å². The molecule has 1 aliphatic heterocycles. The molecule has 1 unspecified atom stereocenters. The first kappa shape index (κ1) is 26.5. The number of carbonyl (C=O) groups excluding carboxylic acids is 2. The van der Waals surface area contributed by atoms with Gasteiger partial charge in [0, 0.05) is 38.1 Å². The van der Waals surface area contributed by atoms with Gasteiger partial charge in [0.25, 0.3) is 11.8 Å². The predicted octanol–water partition coefficient (Wildman–Crippen LogP) is 3.46. The second kappa shape index (κ2) is 12.5. The summed E-state index contributed by atoms with van der Waals surface area (Å²) in [6.45, 7) is 7.50. The van der Waals surface area contributed by atoms with Crippen LogP contribution in [0.1, 0.15) is 72.7 Å². The van der Waals surface area contributed by atoms with Gasteiger partial charge in [0.2, 0.25) is 5.43 Å². The second-order valence-electron chi connectivity index (χ2n) is 9.17. The zero-order valence-electron chi connectivity index (χ0n) is 21.2. The van der Waals surface area contributed by atoms with Crippen LogP contribution in [0.5, 0.6) is 5.75 Å². The van der Waals surface area contributed by atoms with Crippen LogP contribution in [0.4, 0.5) is 0 Å². The Kier molecular flexibility index (Phi) is 9.48. The molecule has 0 bridgehead atoms. The summed E-state index contributed by atoms with van der Waals surface area (Å²) in [6, 6.07) is 7.66. The van der Waals surface area contributed by atoms with Crippen LogP contribution in [-0.2, 0) is 11.3 Å². The highest BCUT2D eigenvalue weighted by Crippen LogP contribution is 2.21. The summed E-state index contributed by atoms with van der Waals surface area (Å²) >= 11 is 0.